The Labute approximate surface area is 87.9 Å². The Morgan fingerprint density at radius 2 is 2.25 bits per heavy atom. The number of fused-ring (bicyclic) bond motifs is 1. The van der Waals surface area contributed by atoms with E-state index in [-0.39, 0.29) is 17.9 Å². The maximum absolute atomic E-state index is 11.3. The molecule has 0 saturated heterocycles. The van der Waals surface area contributed by atoms with E-state index in [1.54, 1.807) is 6.92 Å². The number of carbonyl (C=O) groups is 1. The van der Waals surface area contributed by atoms with Gasteiger partial charge in [0, 0.05) is 6.07 Å². The number of aromatic nitrogens is 4. The van der Waals surface area contributed by atoms with Gasteiger partial charge >= 0.3 is 17.3 Å². The molecule has 0 atom stereocenters. The topological polar surface area (TPSA) is 109 Å². The van der Waals surface area contributed by atoms with Crippen LogP contribution in [0.2, 0.25) is 0 Å². The quantitative estimate of drug-likeness (QED) is 0.628. The van der Waals surface area contributed by atoms with E-state index in [9.17, 15) is 14.4 Å². The van der Waals surface area contributed by atoms with Crippen LogP contribution in [0.25, 0.3) is 5.65 Å². The Kier molecular flexibility index (Phi) is 2.31. The van der Waals surface area contributed by atoms with Crippen molar-refractivity contribution < 1.29 is 9.53 Å². The highest BCUT2D eigenvalue weighted by Crippen LogP contribution is 2.00. The van der Waals surface area contributed by atoms with Gasteiger partial charge in [-0.15, -0.1) is 0 Å². The SMILES string of the molecule is CCOC(=O)c1cc2[nH]c(=O)[nH]c(=O)n2n1. The summed E-state index contributed by atoms with van der Waals surface area (Å²) >= 11 is 0. The summed E-state index contributed by atoms with van der Waals surface area (Å²) in [7, 11) is 0. The molecule has 2 aromatic heterocycles. The Morgan fingerprint density at radius 1 is 1.50 bits per heavy atom. The zero-order valence-corrected chi connectivity index (χ0v) is 8.31. The number of hydrogen-bond donors (Lipinski definition) is 2. The molecule has 2 N–H and O–H groups in total. The number of H-pyrrole nitrogens is 2. The molecule has 2 rings (SSSR count). The van der Waals surface area contributed by atoms with Crippen LogP contribution in [-0.4, -0.2) is 32.2 Å². The average Bonchev–Trinajstić information content (AvgIpc) is 2.62. The van der Waals surface area contributed by atoms with Crippen LogP contribution in [-0.2, 0) is 4.74 Å². The third kappa shape index (κ3) is 1.60. The molecular formula is C8H8N4O4. The van der Waals surface area contributed by atoms with Crippen LogP contribution in [0.4, 0.5) is 0 Å². The van der Waals surface area contributed by atoms with Crippen molar-refractivity contribution in [3.63, 3.8) is 0 Å². The molecule has 0 aliphatic carbocycles. The molecule has 0 bridgehead atoms. The molecule has 84 valence electrons. The lowest BCUT2D eigenvalue weighted by Crippen LogP contribution is -2.28. The van der Waals surface area contributed by atoms with E-state index in [0.717, 1.165) is 4.52 Å². The van der Waals surface area contributed by atoms with Crippen molar-refractivity contribution in [2.24, 2.45) is 0 Å². The number of nitrogens with one attached hydrogen (secondary N) is 2. The van der Waals surface area contributed by atoms with Gasteiger partial charge in [0.15, 0.2) is 5.69 Å². The van der Waals surface area contributed by atoms with E-state index in [4.69, 9.17) is 4.74 Å². The van der Waals surface area contributed by atoms with Crippen LogP contribution in [0.1, 0.15) is 17.4 Å². The van der Waals surface area contributed by atoms with Gasteiger partial charge < -0.3 is 4.74 Å². The first-order valence-corrected chi connectivity index (χ1v) is 4.51. The number of ether oxygens (including phenoxy) is 1. The fourth-order valence-corrected chi connectivity index (χ4v) is 1.23. The molecule has 0 spiro atoms. The standard InChI is InChI=1S/C8H8N4O4/c1-2-16-6(13)4-3-5-9-7(14)10-8(15)12(5)11-4/h3H,2H2,1H3,(H2,9,10,14,15). The van der Waals surface area contributed by atoms with E-state index in [0.29, 0.717) is 0 Å². The van der Waals surface area contributed by atoms with Crippen molar-refractivity contribution in [1.82, 2.24) is 19.6 Å². The minimum atomic E-state index is -0.714. The molecular weight excluding hydrogens is 216 g/mol. The summed E-state index contributed by atoms with van der Waals surface area (Å²) in [6, 6.07) is 1.27. The normalized spacial score (nSPS) is 10.6. The van der Waals surface area contributed by atoms with E-state index < -0.39 is 17.3 Å². The molecule has 0 amide bonds. The molecule has 8 nitrogen and oxygen atoms in total. The Morgan fingerprint density at radius 3 is 2.94 bits per heavy atom. The Hall–Kier alpha value is -2.38. The van der Waals surface area contributed by atoms with E-state index >= 15 is 0 Å². The third-order valence-electron chi connectivity index (χ3n) is 1.85. The van der Waals surface area contributed by atoms with Gasteiger partial charge in [-0.05, 0) is 6.92 Å². The summed E-state index contributed by atoms with van der Waals surface area (Å²) in [6.45, 7) is 1.86. The molecule has 0 aliphatic rings. The maximum atomic E-state index is 11.3. The Bertz CT molecular complexity index is 650. The van der Waals surface area contributed by atoms with Crippen molar-refractivity contribution in [1.29, 1.82) is 0 Å². The van der Waals surface area contributed by atoms with Gasteiger partial charge in [-0.1, -0.05) is 0 Å². The number of aromatic amines is 2. The zero-order chi connectivity index (χ0) is 11.7. The first-order valence-electron chi connectivity index (χ1n) is 4.51. The summed E-state index contributed by atoms with van der Waals surface area (Å²) < 4.78 is 5.59. The molecule has 8 heteroatoms. The number of nitrogens with zero attached hydrogens (tertiary/aromatic N) is 2. The largest absolute Gasteiger partial charge is 0.461 e. The summed E-state index contributed by atoms with van der Waals surface area (Å²) in [5, 5.41) is 3.70. The molecule has 0 unspecified atom stereocenters. The summed E-state index contributed by atoms with van der Waals surface area (Å²) in [5.74, 6) is -0.647. The van der Waals surface area contributed by atoms with Crippen LogP contribution >= 0.6 is 0 Å². The summed E-state index contributed by atoms with van der Waals surface area (Å²) in [4.78, 5) is 37.8. The number of carbonyl (C=O) groups excluding carboxylic acids is 1. The second-order valence-electron chi connectivity index (χ2n) is 2.93. The average molecular weight is 224 g/mol. The van der Waals surface area contributed by atoms with Gasteiger partial charge in [-0.3, -0.25) is 9.97 Å². The molecule has 2 heterocycles. The summed E-state index contributed by atoms with van der Waals surface area (Å²) in [5.41, 5.74) is -1.27. The van der Waals surface area contributed by atoms with Gasteiger partial charge in [0.1, 0.15) is 5.65 Å². The van der Waals surface area contributed by atoms with Crippen LogP contribution < -0.4 is 11.4 Å². The molecule has 0 radical (unpaired) electrons. The lowest BCUT2D eigenvalue weighted by Gasteiger charge is -1.94. The minimum absolute atomic E-state index is 0.0331. The lowest BCUT2D eigenvalue weighted by molar-refractivity contribution is 0.0519. The third-order valence-corrected chi connectivity index (χ3v) is 1.85. The highest BCUT2D eigenvalue weighted by Gasteiger charge is 2.13. The van der Waals surface area contributed by atoms with E-state index in [1.807, 2.05) is 4.98 Å². The van der Waals surface area contributed by atoms with Crippen LogP contribution in [0.5, 0.6) is 0 Å². The second-order valence-corrected chi connectivity index (χ2v) is 2.93. The molecule has 16 heavy (non-hydrogen) atoms. The van der Waals surface area contributed by atoms with Crippen molar-refractivity contribution >= 4 is 11.6 Å². The molecule has 2 aromatic rings. The molecule has 0 fully saturated rings. The van der Waals surface area contributed by atoms with Gasteiger partial charge in [0.05, 0.1) is 6.61 Å². The number of esters is 1. The number of hydrogen-bond acceptors (Lipinski definition) is 5. The molecule has 0 aromatic carbocycles. The predicted molar refractivity (Wildman–Crippen MR) is 52.4 cm³/mol. The van der Waals surface area contributed by atoms with E-state index in [1.165, 1.54) is 6.07 Å². The van der Waals surface area contributed by atoms with Crippen LogP contribution in [0, 0.1) is 0 Å². The van der Waals surface area contributed by atoms with E-state index in [2.05, 4.69) is 10.1 Å². The first-order chi connectivity index (χ1) is 7.61. The zero-order valence-electron chi connectivity index (χ0n) is 8.31. The molecule has 0 aliphatic heterocycles. The molecule has 0 saturated carbocycles. The fourth-order valence-electron chi connectivity index (χ4n) is 1.23. The highest BCUT2D eigenvalue weighted by molar-refractivity contribution is 5.88. The first kappa shape index (κ1) is 10.1. The smallest absolute Gasteiger partial charge is 0.358 e. The predicted octanol–water partition coefficient (Wildman–Crippen LogP) is -1.11. The monoisotopic (exact) mass is 224 g/mol. The van der Waals surface area contributed by atoms with Crippen molar-refractivity contribution in [2.75, 3.05) is 6.61 Å². The minimum Gasteiger partial charge on any atom is -0.461 e. The highest BCUT2D eigenvalue weighted by atomic mass is 16.5. The lowest BCUT2D eigenvalue weighted by atomic mass is 10.4. The van der Waals surface area contributed by atoms with Gasteiger partial charge in [-0.25, -0.2) is 14.4 Å². The fraction of sp³-hybridized carbons (Fsp3) is 0.250. The van der Waals surface area contributed by atoms with Gasteiger partial charge in [0.2, 0.25) is 0 Å². The maximum Gasteiger partial charge on any atom is 0.358 e. The second kappa shape index (κ2) is 3.65. The van der Waals surface area contributed by atoms with Crippen LogP contribution in [0.15, 0.2) is 15.7 Å². The van der Waals surface area contributed by atoms with Gasteiger partial charge in [-0.2, -0.15) is 9.61 Å². The van der Waals surface area contributed by atoms with Crippen molar-refractivity contribution in [3.8, 4) is 0 Å². The Balaban J connectivity index is 2.60. The number of rotatable bonds is 2. The van der Waals surface area contributed by atoms with Gasteiger partial charge in [0.25, 0.3) is 0 Å². The summed E-state index contributed by atoms with van der Waals surface area (Å²) in [6.07, 6.45) is 0. The van der Waals surface area contributed by atoms with Crippen molar-refractivity contribution in [3.05, 3.63) is 32.7 Å². The van der Waals surface area contributed by atoms with Crippen molar-refractivity contribution in [2.45, 2.75) is 6.92 Å². The van der Waals surface area contributed by atoms with Crippen LogP contribution in [0.3, 0.4) is 0 Å².